The van der Waals surface area contributed by atoms with Crippen LogP contribution in [-0.4, -0.2) is 29.1 Å². The van der Waals surface area contributed by atoms with Crippen molar-refractivity contribution in [2.45, 2.75) is 32.3 Å². The molecule has 0 aromatic heterocycles. The topological polar surface area (TPSA) is 76.0 Å². The van der Waals surface area contributed by atoms with Gasteiger partial charge in [-0.2, -0.15) is 0 Å². The molecule has 5 nitrogen and oxygen atoms in total. The van der Waals surface area contributed by atoms with E-state index in [1.165, 1.54) is 0 Å². The Morgan fingerprint density at radius 3 is 2.62 bits per heavy atom. The molecular formula is C19H20O5. The van der Waals surface area contributed by atoms with Gasteiger partial charge >= 0.3 is 6.16 Å². The Hall–Kier alpha value is -2.69. The van der Waals surface area contributed by atoms with Gasteiger partial charge in [-0.05, 0) is 47.4 Å². The van der Waals surface area contributed by atoms with E-state index in [0.29, 0.717) is 12.0 Å². The Morgan fingerprint density at radius 2 is 1.92 bits per heavy atom. The summed E-state index contributed by atoms with van der Waals surface area (Å²) in [5, 5.41) is 20.3. The van der Waals surface area contributed by atoms with Crippen molar-refractivity contribution in [2.24, 2.45) is 0 Å². The van der Waals surface area contributed by atoms with Gasteiger partial charge in [0, 0.05) is 12.0 Å². The SMILES string of the molecule is CCCc1ccc(O)c(-c2ccc(O)c(CC3COC(=O)O3)c2)c1. The fraction of sp³-hybridized carbons (Fsp3) is 0.316. The average molecular weight is 328 g/mol. The molecule has 2 aromatic carbocycles. The molecule has 1 heterocycles. The number of aryl methyl sites for hydroxylation is 1. The number of hydrogen-bond donors (Lipinski definition) is 2. The molecule has 0 radical (unpaired) electrons. The molecule has 3 rings (SSSR count). The van der Waals surface area contributed by atoms with E-state index < -0.39 is 12.3 Å². The number of rotatable bonds is 5. The summed E-state index contributed by atoms with van der Waals surface area (Å²) in [5.41, 5.74) is 3.33. The third kappa shape index (κ3) is 3.45. The fourth-order valence-corrected chi connectivity index (χ4v) is 2.89. The number of phenols is 2. The minimum Gasteiger partial charge on any atom is -0.508 e. The van der Waals surface area contributed by atoms with Crippen molar-refractivity contribution in [1.29, 1.82) is 0 Å². The summed E-state index contributed by atoms with van der Waals surface area (Å²) in [4.78, 5) is 11.0. The van der Waals surface area contributed by atoms with E-state index in [0.717, 1.165) is 29.5 Å². The van der Waals surface area contributed by atoms with Crippen LogP contribution in [0.2, 0.25) is 0 Å². The zero-order valence-corrected chi connectivity index (χ0v) is 13.5. The van der Waals surface area contributed by atoms with Crippen molar-refractivity contribution in [3.8, 4) is 22.6 Å². The Balaban J connectivity index is 1.90. The molecule has 2 N–H and O–H groups in total. The molecule has 0 bridgehead atoms. The molecule has 24 heavy (non-hydrogen) atoms. The molecule has 2 aromatic rings. The normalized spacial score (nSPS) is 16.7. The lowest BCUT2D eigenvalue weighted by Crippen LogP contribution is -2.13. The first-order valence-electron chi connectivity index (χ1n) is 8.04. The van der Waals surface area contributed by atoms with E-state index in [1.54, 1.807) is 18.2 Å². The van der Waals surface area contributed by atoms with E-state index in [2.05, 4.69) is 6.92 Å². The van der Waals surface area contributed by atoms with Crippen molar-refractivity contribution in [3.05, 3.63) is 47.5 Å². The molecule has 1 aliphatic heterocycles. The number of aromatic hydroxyl groups is 2. The van der Waals surface area contributed by atoms with Crippen LogP contribution < -0.4 is 0 Å². The van der Waals surface area contributed by atoms with Crippen LogP contribution in [0.15, 0.2) is 36.4 Å². The molecule has 1 atom stereocenters. The van der Waals surface area contributed by atoms with E-state index in [1.807, 2.05) is 18.2 Å². The maximum Gasteiger partial charge on any atom is 0.508 e. The number of benzene rings is 2. The van der Waals surface area contributed by atoms with Gasteiger partial charge in [0.25, 0.3) is 0 Å². The molecule has 126 valence electrons. The van der Waals surface area contributed by atoms with Gasteiger partial charge in [-0.1, -0.05) is 25.5 Å². The van der Waals surface area contributed by atoms with Crippen LogP contribution in [0.3, 0.4) is 0 Å². The minimum absolute atomic E-state index is 0.130. The molecule has 0 aliphatic carbocycles. The first kappa shape index (κ1) is 16.2. The van der Waals surface area contributed by atoms with Crippen molar-refractivity contribution in [3.63, 3.8) is 0 Å². The van der Waals surface area contributed by atoms with E-state index in [4.69, 9.17) is 9.47 Å². The van der Waals surface area contributed by atoms with Gasteiger partial charge in [-0.3, -0.25) is 0 Å². The second-order valence-electron chi connectivity index (χ2n) is 5.95. The lowest BCUT2D eigenvalue weighted by molar-refractivity contribution is 0.118. The van der Waals surface area contributed by atoms with Crippen LogP contribution in [0.25, 0.3) is 11.1 Å². The molecule has 1 aliphatic rings. The zero-order chi connectivity index (χ0) is 17.1. The first-order valence-corrected chi connectivity index (χ1v) is 8.04. The number of carbonyl (C=O) groups excluding carboxylic acids is 1. The Bertz CT molecular complexity index is 753. The third-order valence-corrected chi connectivity index (χ3v) is 4.09. The zero-order valence-electron chi connectivity index (χ0n) is 13.5. The third-order valence-electron chi connectivity index (χ3n) is 4.09. The highest BCUT2D eigenvalue weighted by Gasteiger charge is 2.26. The lowest BCUT2D eigenvalue weighted by Gasteiger charge is -2.12. The van der Waals surface area contributed by atoms with Crippen molar-refractivity contribution in [1.82, 2.24) is 0 Å². The average Bonchev–Trinajstić information content (AvgIpc) is 2.97. The summed E-state index contributed by atoms with van der Waals surface area (Å²) in [7, 11) is 0. The quantitative estimate of drug-likeness (QED) is 0.817. The van der Waals surface area contributed by atoms with Crippen LogP contribution in [0, 0.1) is 0 Å². The van der Waals surface area contributed by atoms with Gasteiger partial charge in [0.05, 0.1) is 0 Å². The van der Waals surface area contributed by atoms with Crippen LogP contribution in [0.4, 0.5) is 4.79 Å². The summed E-state index contributed by atoms with van der Waals surface area (Å²) in [5.74, 6) is 0.327. The Morgan fingerprint density at radius 1 is 1.12 bits per heavy atom. The van der Waals surface area contributed by atoms with Gasteiger partial charge in [0.1, 0.15) is 24.2 Å². The largest absolute Gasteiger partial charge is 0.508 e. The second-order valence-corrected chi connectivity index (χ2v) is 5.95. The fourth-order valence-electron chi connectivity index (χ4n) is 2.89. The number of hydrogen-bond acceptors (Lipinski definition) is 5. The molecule has 5 heteroatoms. The summed E-state index contributed by atoms with van der Waals surface area (Å²) < 4.78 is 9.79. The highest BCUT2D eigenvalue weighted by atomic mass is 16.8. The molecule has 0 amide bonds. The van der Waals surface area contributed by atoms with Gasteiger partial charge in [-0.15, -0.1) is 0 Å². The molecular weight excluding hydrogens is 308 g/mol. The van der Waals surface area contributed by atoms with Gasteiger partial charge in [0.2, 0.25) is 0 Å². The van der Waals surface area contributed by atoms with E-state index in [9.17, 15) is 15.0 Å². The summed E-state index contributed by atoms with van der Waals surface area (Å²) in [6, 6.07) is 10.7. The molecule has 1 fully saturated rings. The highest BCUT2D eigenvalue weighted by molar-refractivity contribution is 5.72. The molecule has 1 unspecified atom stereocenters. The van der Waals surface area contributed by atoms with Crippen molar-refractivity contribution < 1.29 is 24.5 Å². The number of carbonyl (C=O) groups is 1. The van der Waals surface area contributed by atoms with Crippen molar-refractivity contribution in [2.75, 3.05) is 6.61 Å². The molecule has 1 saturated heterocycles. The first-order chi connectivity index (χ1) is 11.6. The maximum absolute atomic E-state index is 11.0. The highest BCUT2D eigenvalue weighted by Crippen LogP contribution is 2.34. The monoisotopic (exact) mass is 328 g/mol. The maximum atomic E-state index is 11.0. The second kappa shape index (κ2) is 6.83. The predicted octanol–water partition coefficient (Wildman–Crippen LogP) is 3.80. The number of ether oxygens (including phenoxy) is 2. The molecule has 0 spiro atoms. The van der Waals surface area contributed by atoms with Crippen molar-refractivity contribution >= 4 is 6.16 Å². The standard InChI is InChI=1S/C19H20O5/c1-2-3-12-4-6-18(21)16(8-12)13-5-7-17(20)14(9-13)10-15-11-23-19(22)24-15/h4-9,15,20-21H,2-3,10-11H2,1H3. The summed E-state index contributed by atoms with van der Waals surface area (Å²) >= 11 is 0. The summed E-state index contributed by atoms with van der Waals surface area (Å²) in [6.45, 7) is 2.29. The Labute approximate surface area is 140 Å². The number of cyclic esters (lactones) is 2. The smallest absolute Gasteiger partial charge is 0.508 e. The summed E-state index contributed by atoms with van der Waals surface area (Å²) in [6.07, 6.45) is 1.24. The minimum atomic E-state index is -0.680. The van der Waals surface area contributed by atoms with E-state index >= 15 is 0 Å². The Kier molecular flexibility index (Phi) is 4.60. The van der Waals surface area contributed by atoms with Crippen LogP contribution in [0.1, 0.15) is 24.5 Å². The van der Waals surface area contributed by atoms with Crippen LogP contribution in [0.5, 0.6) is 11.5 Å². The van der Waals surface area contributed by atoms with Gasteiger partial charge < -0.3 is 19.7 Å². The van der Waals surface area contributed by atoms with Gasteiger partial charge in [-0.25, -0.2) is 4.79 Å². The number of phenolic OH excluding ortho intramolecular Hbond substituents is 2. The lowest BCUT2D eigenvalue weighted by atomic mass is 9.96. The van der Waals surface area contributed by atoms with Crippen LogP contribution in [-0.2, 0) is 22.3 Å². The predicted molar refractivity (Wildman–Crippen MR) is 89.1 cm³/mol. The molecule has 0 saturated carbocycles. The van der Waals surface area contributed by atoms with Crippen LogP contribution >= 0.6 is 0 Å². The van der Waals surface area contributed by atoms with Gasteiger partial charge in [0.15, 0.2) is 0 Å². The van der Waals surface area contributed by atoms with E-state index in [-0.39, 0.29) is 18.1 Å².